The van der Waals surface area contributed by atoms with Crippen molar-refractivity contribution in [1.29, 1.82) is 0 Å². The Labute approximate surface area is 100 Å². The third-order valence-electron chi connectivity index (χ3n) is 2.93. The molecule has 1 rings (SSSR count). The van der Waals surface area contributed by atoms with Crippen LogP contribution in [0.15, 0.2) is 12.2 Å². The molecule has 16 heavy (non-hydrogen) atoms. The maximum Gasteiger partial charge on any atom is 0.157 e. The molecule has 0 aliphatic carbocycles. The van der Waals surface area contributed by atoms with Crippen LogP contribution in [0.4, 0.5) is 0 Å². The van der Waals surface area contributed by atoms with E-state index < -0.39 is 0 Å². The number of rotatable bonds is 7. The molecule has 0 amide bonds. The Kier molecular flexibility index (Phi) is 7.52. The molecule has 0 aromatic carbocycles. The third-order valence-corrected chi connectivity index (χ3v) is 2.93. The van der Waals surface area contributed by atoms with Crippen LogP contribution in [0.5, 0.6) is 0 Å². The lowest BCUT2D eigenvalue weighted by Gasteiger charge is -2.29. The van der Waals surface area contributed by atoms with Crippen LogP contribution < -0.4 is 0 Å². The Morgan fingerprint density at radius 1 is 1.19 bits per heavy atom. The molecular weight excluding hydrogens is 200 g/mol. The first kappa shape index (κ1) is 13.7. The summed E-state index contributed by atoms with van der Waals surface area (Å²) < 4.78 is 11.5. The first-order valence-electron chi connectivity index (χ1n) is 6.78. The minimum atomic E-state index is 0.0559. The first-order valence-corrected chi connectivity index (χ1v) is 6.78. The van der Waals surface area contributed by atoms with Gasteiger partial charge in [-0.05, 0) is 32.1 Å². The van der Waals surface area contributed by atoms with Gasteiger partial charge >= 0.3 is 0 Å². The summed E-state index contributed by atoms with van der Waals surface area (Å²) in [5.41, 5.74) is 0. The number of ether oxygens (including phenoxy) is 2. The largest absolute Gasteiger partial charge is 0.353 e. The summed E-state index contributed by atoms with van der Waals surface area (Å²) in [6, 6.07) is 0. The molecule has 0 aromatic heterocycles. The molecule has 0 radical (unpaired) electrons. The van der Waals surface area contributed by atoms with Crippen LogP contribution in [-0.4, -0.2) is 19.0 Å². The normalized spacial score (nSPS) is 26.4. The fourth-order valence-electron chi connectivity index (χ4n) is 1.95. The quantitative estimate of drug-likeness (QED) is 0.481. The SMILES string of the molecule is CC/C=C/CC1CCOC(CCCCC)O1. The molecule has 2 heteroatoms. The van der Waals surface area contributed by atoms with Gasteiger partial charge in [-0.3, -0.25) is 0 Å². The summed E-state index contributed by atoms with van der Waals surface area (Å²) in [5.74, 6) is 0. The Balaban J connectivity index is 2.16. The molecule has 2 atom stereocenters. The van der Waals surface area contributed by atoms with Crippen molar-refractivity contribution in [3.63, 3.8) is 0 Å². The Bertz CT molecular complexity index is 189. The lowest BCUT2D eigenvalue weighted by atomic mass is 10.1. The van der Waals surface area contributed by atoms with Crippen LogP contribution in [-0.2, 0) is 9.47 Å². The van der Waals surface area contributed by atoms with Crippen LogP contribution in [0.3, 0.4) is 0 Å². The fraction of sp³-hybridized carbons (Fsp3) is 0.857. The molecule has 0 saturated carbocycles. The number of unbranched alkanes of at least 4 members (excludes halogenated alkanes) is 2. The van der Waals surface area contributed by atoms with E-state index in [1.807, 2.05) is 0 Å². The summed E-state index contributed by atoms with van der Waals surface area (Å²) in [4.78, 5) is 0. The third kappa shape index (κ3) is 5.66. The van der Waals surface area contributed by atoms with Gasteiger partial charge < -0.3 is 9.47 Å². The molecule has 2 nitrogen and oxygen atoms in total. The van der Waals surface area contributed by atoms with Gasteiger partial charge in [0.1, 0.15) is 0 Å². The molecule has 94 valence electrons. The Morgan fingerprint density at radius 3 is 2.81 bits per heavy atom. The first-order chi connectivity index (χ1) is 7.86. The molecule has 0 spiro atoms. The van der Waals surface area contributed by atoms with Crippen LogP contribution in [0.1, 0.15) is 58.8 Å². The fourth-order valence-corrected chi connectivity index (χ4v) is 1.95. The van der Waals surface area contributed by atoms with E-state index >= 15 is 0 Å². The molecule has 1 fully saturated rings. The van der Waals surface area contributed by atoms with E-state index in [9.17, 15) is 0 Å². The van der Waals surface area contributed by atoms with Crippen molar-refractivity contribution in [2.45, 2.75) is 71.2 Å². The highest BCUT2D eigenvalue weighted by atomic mass is 16.7. The van der Waals surface area contributed by atoms with Gasteiger partial charge in [-0.1, -0.05) is 38.8 Å². The highest BCUT2D eigenvalue weighted by Gasteiger charge is 2.21. The second kappa shape index (κ2) is 8.77. The second-order valence-electron chi connectivity index (χ2n) is 4.46. The van der Waals surface area contributed by atoms with Crippen molar-refractivity contribution >= 4 is 0 Å². The Morgan fingerprint density at radius 2 is 2.06 bits per heavy atom. The lowest BCUT2D eigenvalue weighted by Crippen LogP contribution is -2.31. The second-order valence-corrected chi connectivity index (χ2v) is 4.46. The smallest absolute Gasteiger partial charge is 0.157 e. The minimum Gasteiger partial charge on any atom is -0.353 e. The van der Waals surface area contributed by atoms with Crippen LogP contribution in [0.2, 0.25) is 0 Å². The van der Waals surface area contributed by atoms with E-state index in [4.69, 9.17) is 9.47 Å². The van der Waals surface area contributed by atoms with Crippen LogP contribution >= 0.6 is 0 Å². The summed E-state index contributed by atoms with van der Waals surface area (Å²) in [7, 11) is 0. The van der Waals surface area contributed by atoms with Crippen molar-refractivity contribution in [2.75, 3.05) is 6.61 Å². The maximum absolute atomic E-state index is 5.91. The minimum absolute atomic E-state index is 0.0559. The highest BCUT2D eigenvalue weighted by Crippen LogP contribution is 2.19. The predicted octanol–water partition coefficient (Wildman–Crippen LogP) is 4.05. The number of hydrogen-bond donors (Lipinski definition) is 0. The van der Waals surface area contributed by atoms with Crippen molar-refractivity contribution in [3.05, 3.63) is 12.2 Å². The van der Waals surface area contributed by atoms with Gasteiger partial charge in [-0.25, -0.2) is 0 Å². The molecule has 0 bridgehead atoms. The summed E-state index contributed by atoms with van der Waals surface area (Å²) >= 11 is 0. The summed E-state index contributed by atoms with van der Waals surface area (Å²) in [6.07, 6.45) is 12.9. The monoisotopic (exact) mass is 226 g/mol. The molecule has 1 aliphatic rings. The standard InChI is InChI=1S/C14H26O2/c1-3-5-7-9-13-11-12-15-14(16-13)10-8-6-4-2/h5,7,13-14H,3-4,6,8-12H2,1-2H3/b7-5+. The molecule has 2 unspecified atom stereocenters. The molecule has 0 aromatic rings. The zero-order chi connectivity index (χ0) is 11.6. The van der Waals surface area contributed by atoms with Gasteiger partial charge in [0.05, 0.1) is 12.7 Å². The highest BCUT2D eigenvalue weighted by molar-refractivity contribution is 4.84. The van der Waals surface area contributed by atoms with E-state index in [-0.39, 0.29) is 6.29 Å². The predicted molar refractivity (Wildman–Crippen MR) is 67.4 cm³/mol. The van der Waals surface area contributed by atoms with Crippen LogP contribution in [0, 0.1) is 0 Å². The van der Waals surface area contributed by atoms with Gasteiger partial charge in [-0.15, -0.1) is 0 Å². The molecule has 1 saturated heterocycles. The average molecular weight is 226 g/mol. The number of allylic oxidation sites excluding steroid dienone is 1. The molecule has 1 aliphatic heterocycles. The van der Waals surface area contributed by atoms with E-state index in [1.54, 1.807) is 0 Å². The maximum atomic E-state index is 5.91. The van der Waals surface area contributed by atoms with E-state index in [0.29, 0.717) is 6.10 Å². The molecular formula is C14H26O2. The van der Waals surface area contributed by atoms with Gasteiger partial charge in [0.25, 0.3) is 0 Å². The van der Waals surface area contributed by atoms with Crippen molar-refractivity contribution in [2.24, 2.45) is 0 Å². The lowest BCUT2D eigenvalue weighted by molar-refractivity contribution is -0.213. The summed E-state index contributed by atoms with van der Waals surface area (Å²) in [5, 5.41) is 0. The topological polar surface area (TPSA) is 18.5 Å². The van der Waals surface area contributed by atoms with Crippen LogP contribution in [0.25, 0.3) is 0 Å². The van der Waals surface area contributed by atoms with Crippen molar-refractivity contribution < 1.29 is 9.47 Å². The zero-order valence-corrected chi connectivity index (χ0v) is 10.8. The van der Waals surface area contributed by atoms with E-state index in [1.165, 1.54) is 19.3 Å². The van der Waals surface area contributed by atoms with Gasteiger partial charge in [0.2, 0.25) is 0 Å². The van der Waals surface area contributed by atoms with Crippen molar-refractivity contribution in [3.8, 4) is 0 Å². The van der Waals surface area contributed by atoms with Gasteiger partial charge in [0, 0.05) is 0 Å². The average Bonchev–Trinajstić information content (AvgIpc) is 2.30. The zero-order valence-electron chi connectivity index (χ0n) is 10.8. The van der Waals surface area contributed by atoms with E-state index in [0.717, 1.165) is 32.3 Å². The molecule has 1 heterocycles. The van der Waals surface area contributed by atoms with E-state index in [2.05, 4.69) is 26.0 Å². The van der Waals surface area contributed by atoms with Crippen molar-refractivity contribution in [1.82, 2.24) is 0 Å². The molecule has 0 N–H and O–H groups in total. The van der Waals surface area contributed by atoms with Gasteiger partial charge in [0.15, 0.2) is 6.29 Å². The van der Waals surface area contributed by atoms with Gasteiger partial charge in [-0.2, -0.15) is 0 Å². The number of hydrogen-bond acceptors (Lipinski definition) is 2. The Hall–Kier alpha value is -0.340. The summed E-state index contributed by atoms with van der Waals surface area (Å²) in [6.45, 7) is 5.25.